The van der Waals surface area contributed by atoms with Crippen molar-refractivity contribution >= 4 is 29.1 Å². The van der Waals surface area contributed by atoms with E-state index in [0.717, 1.165) is 47.5 Å². The fourth-order valence-corrected chi connectivity index (χ4v) is 4.51. The number of methoxy groups -OCH3 is 1. The molecular formula is C27H29ClN2O3. The lowest BCUT2D eigenvalue weighted by Crippen LogP contribution is -2.36. The molecule has 0 saturated carbocycles. The minimum absolute atomic E-state index is 0.0736. The lowest BCUT2D eigenvalue weighted by atomic mass is 9.81. The summed E-state index contributed by atoms with van der Waals surface area (Å²) in [7, 11) is 5.67. The number of halogens is 1. The van der Waals surface area contributed by atoms with Gasteiger partial charge in [-0.15, -0.1) is 0 Å². The fraction of sp³-hybridized carbons (Fsp3) is 0.296. The van der Waals surface area contributed by atoms with Gasteiger partial charge in [-0.05, 0) is 84.5 Å². The van der Waals surface area contributed by atoms with Crippen LogP contribution in [0.15, 0.2) is 66.7 Å². The van der Waals surface area contributed by atoms with Crippen LogP contribution in [0.1, 0.15) is 35.4 Å². The van der Waals surface area contributed by atoms with Crippen molar-refractivity contribution in [3.05, 3.63) is 83.4 Å². The van der Waals surface area contributed by atoms with Crippen LogP contribution in [0.25, 0.3) is 0 Å². The van der Waals surface area contributed by atoms with Crippen molar-refractivity contribution in [2.24, 2.45) is 0 Å². The normalized spacial score (nSPS) is 14.8. The van der Waals surface area contributed by atoms with E-state index in [9.17, 15) is 4.79 Å². The molecule has 0 fully saturated rings. The Bertz CT molecular complexity index is 1100. The molecule has 0 aliphatic heterocycles. The zero-order valence-corrected chi connectivity index (χ0v) is 20.0. The maximum atomic E-state index is 14.0. The topological polar surface area (TPSA) is 42.0 Å². The Morgan fingerprint density at radius 3 is 2.27 bits per heavy atom. The molecule has 1 aliphatic rings. The van der Waals surface area contributed by atoms with Gasteiger partial charge in [0, 0.05) is 25.5 Å². The van der Waals surface area contributed by atoms with Crippen molar-refractivity contribution in [2.75, 3.05) is 31.0 Å². The largest absolute Gasteiger partial charge is 0.497 e. The van der Waals surface area contributed by atoms with Crippen LogP contribution in [0.2, 0.25) is 0 Å². The third-order valence-electron chi connectivity index (χ3n) is 6.26. The Kier molecular flexibility index (Phi) is 7.09. The predicted octanol–water partition coefficient (Wildman–Crippen LogP) is 5.95. The Hall–Kier alpha value is -3.18. The number of anilines is 2. The third-order valence-corrected chi connectivity index (χ3v) is 6.44. The number of fused-ring (bicyclic) bond motifs is 1. The highest BCUT2D eigenvalue weighted by molar-refractivity contribution is 6.09. The molecule has 0 heterocycles. The summed E-state index contributed by atoms with van der Waals surface area (Å²) in [5.74, 6) is 1.15. The number of benzene rings is 3. The highest BCUT2D eigenvalue weighted by Crippen LogP contribution is 2.37. The summed E-state index contributed by atoms with van der Waals surface area (Å²) in [6.07, 6.45) is 2.72. The van der Waals surface area contributed by atoms with Gasteiger partial charge in [-0.1, -0.05) is 18.2 Å². The first-order valence-corrected chi connectivity index (χ1v) is 11.4. The molecule has 0 radical (unpaired) electrons. The number of amides is 1. The summed E-state index contributed by atoms with van der Waals surface area (Å²) in [4.78, 5) is 17.9. The number of hydrogen-bond acceptors (Lipinski definition) is 4. The number of hydrogen-bond donors (Lipinski definition) is 0. The fourth-order valence-electron chi connectivity index (χ4n) is 4.41. The molecule has 5 nitrogen and oxygen atoms in total. The average molecular weight is 465 g/mol. The molecule has 0 spiro atoms. The van der Waals surface area contributed by atoms with Gasteiger partial charge in [0.1, 0.15) is 23.4 Å². The van der Waals surface area contributed by atoms with Crippen molar-refractivity contribution in [3.8, 4) is 11.5 Å². The molecule has 0 saturated heterocycles. The minimum Gasteiger partial charge on any atom is -0.497 e. The molecule has 6 heteroatoms. The van der Waals surface area contributed by atoms with Crippen molar-refractivity contribution in [3.63, 3.8) is 0 Å². The first kappa shape index (κ1) is 23.0. The van der Waals surface area contributed by atoms with Crippen molar-refractivity contribution in [1.82, 2.24) is 0 Å². The van der Waals surface area contributed by atoms with Crippen LogP contribution in [0.3, 0.4) is 0 Å². The molecule has 4 rings (SSSR count). The second-order valence-corrected chi connectivity index (χ2v) is 8.72. The highest BCUT2D eigenvalue weighted by atomic mass is 35.5. The number of carbonyl (C=O) groups is 1. The van der Waals surface area contributed by atoms with E-state index in [1.54, 1.807) is 7.11 Å². The smallest absolute Gasteiger partial charge is 0.234 e. The zero-order chi connectivity index (χ0) is 23.4. The minimum atomic E-state index is -0.247. The molecule has 1 unspecified atom stereocenters. The van der Waals surface area contributed by atoms with Crippen molar-refractivity contribution in [2.45, 2.75) is 31.7 Å². The Morgan fingerprint density at radius 2 is 1.64 bits per heavy atom. The van der Waals surface area contributed by atoms with E-state index in [-0.39, 0.29) is 11.8 Å². The van der Waals surface area contributed by atoms with Gasteiger partial charge >= 0.3 is 0 Å². The Morgan fingerprint density at radius 1 is 0.970 bits per heavy atom. The van der Waals surface area contributed by atoms with Crippen molar-refractivity contribution < 1.29 is 13.8 Å². The maximum Gasteiger partial charge on any atom is 0.234 e. The van der Waals surface area contributed by atoms with Gasteiger partial charge in [-0.2, -0.15) is 0 Å². The lowest BCUT2D eigenvalue weighted by Gasteiger charge is -2.31. The van der Waals surface area contributed by atoms with Gasteiger partial charge < -0.3 is 18.8 Å². The summed E-state index contributed by atoms with van der Waals surface area (Å²) in [6, 6.07) is 21.7. The van der Waals surface area contributed by atoms with E-state index in [4.69, 9.17) is 20.9 Å². The molecule has 0 aromatic heterocycles. The zero-order valence-electron chi connectivity index (χ0n) is 19.3. The van der Waals surface area contributed by atoms with E-state index in [1.807, 2.05) is 61.5 Å². The summed E-state index contributed by atoms with van der Waals surface area (Å²) < 4.78 is 10.3. The van der Waals surface area contributed by atoms with Crippen molar-refractivity contribution in [1.29, 1.82) is 0 Å². The first-order valence-electron chi connectivity index (χ1n) is 11.1. The predicted molar refractivity (Wildman–Crippen MR) is 134 cm³/mol. The molecule has 172 valence electrons. The second-order valence-electron chi connectivity index (χ2n) is 8.57. The van der Waals surface area contributed by atoms with Gasteiger partial charge in [0.2, 0.25) is 5.91 Å². The van der Waals surface area contributed by atoms with Gasteiger partial charge in [-0.3, -0.25) is 4.79 Å². The van der Waals surface area contributed by atoms with E-state index in [0.29, 0.717) is 12.3 Å². The van der Waals surface area contributed by atoms with Crippen LogP contribution in [0, 0.1) is 0 Å². The monoisotopic (exact) mass is 464 g/mol. The molecule has 0 N–H and O–H groups in total. The summed E-state index contributed by atoms with van der Waals surface area (Å²) in [5.41, 5.74) is 5.22. The molecule has 3 aromatic rings. The standard InChI is InChI=1S/C27H29ClN2O3/c1-29(2)21-10-7-19(8-11-21)18-30(22-12-15-23(32-3)16-13-22)27(31)25-6-4-5-20-9-14-24(33-28)17-26(20)25/h7-17,25H,4-6,18H2,1-3H3. The van der Waals surface area contributed by atoms with Crippen LogP contribution >= 0.6 is 11.9 Å². The summed E-state index contributed by atoms with van der Waals surface area (Å²) in [5, 5.41) is 0. The molecule has 1 amide bonds. The number of carbonyl (C=O) groups excluding carboxylic acids is 1. The molecule has 1 aliphatic carbocycles. The Labute approximate surface area is 200 Å². The quantitative estimate of drug-likeness (QED) is 0.433. The summed E-state index contributed by atoms with van der Waals surface area (Å²) >= 11 is 5.62. The first-order chi connectivity index (χ1) is 16.0. The van der Waals surface area contributed by atoms with E-state index in [2.05, 4.69) is 29.2 Å². The maximum absolute atomic E-state index is 14.0. The van der Waals surface area contributed by atoms with Gasteiger partial charge in [0.05, 0.1) is 19.6 Å². The van der Waals surface area contributed by atoms with Crippen LogP contribution < -0.4 is 18.8 Å². The molecule has 1 atom stereocenters. The van der Waals surface area contributed by atoms with Crippen LogP contribution in [0.4, 0.5) is 11.4 Å². The van der Waals surface area contributed by atoms with Crippen LogP contribution in [-0.4, -0.2) is 27.1 Å². The van der Waals surface area contributed by atoms with Gasteiger partial charge in [-0.25, -0.2) is 0 Å². The molecule has 0 bridgehead atoms. The number of nitrogens with zero attached hydrogens (tertiary/aromatic N) is 2. The molecule has 3 aromatic carbocycles. The van der Waals surface area contributed by atoms with Gasteiger partial charge in [0.15, 0.2) is 0 Å². The second kappa shape index (κ2) is 10.2. The molecular weight excluding hydrogens is 436 g/mol. The van der Waals surface area contributed by atoms with Crippen LogP contribution in [0.5, 0.6) is 11.5 Å². The summed E-state index contributed by atoms with van der Waals surface area (Å²) in [6.45, 7) is 0.483. The number of aryl methyl sites for hydroxylation is 1. The third kappa shape index (κ3) is 5.09. The number of rotatable bonds is 7. The SMILES string of the molecule is COc1ccc(N(Cc2ccc(N(C)C)cc2)C(=O)C2CCCc3ccc(OCl)cc32)cc1. The molecule has 33 heavy (non-hydrogen) atoms. The highest BCUT2D eigenvalue weighted by Gasteiger charge is 2.31. The van der Waals surface area contributed by atoms with Gasteiger partial charge in [0.25, 0.3) is 0 Å². The number of ether oxygens (including phenoxy) is 1. The van der Waals surface area contributed by atoms with E-state index >= 15 is 0 Å². The van der Waals surface area contributed by atoms with E-state index < -0.39 is 0 Å². The average Bonchev–Trinajstić information content (AvgIpc) is 2.86. The lowest BCUT2D eigenvalue weighted by molar-refractivity contribution is -0.120. The van der Waals surface area contributed by atoms with Crippen LogP contribution in [-0.2, 0) is 17.8 Å². The van der Waals surface area contributed by atoms with E-state index in [1.165, 1.54) is 5.56 Å². The Balaban J connectivity index is 1.69.